The molecular weight excluding hydrogens is 374 g/mol. The quantitative estimate of drug-likeness (QED) is 0.534. The second-order valence-electron chi connectivity index (χ2n) is 7.48. The van der Waals surface area contributed by atoms with Crippen LogP contribution in [-0.2, 0) is 4.79 Å². The molecule has 1 aliphatic heterocycles. The van der Waals surface area contributed by atoms with Crippen molar-refractivity contribution in [1.82, 2.24) is 10.6 Å². The summed E-state index contributed by atoms with van der Waals surface area (Å²) < 4.78 is 28.0. The average molecular weight is 398 g/mol. The SMILES string of the molecule is CCNC(=NCC1CC(=O)Nc2ccccc21)NC1CC1c1c(F)cccc1F. The highest BCUT2D eigenvalue weighted by Crippen LogP contribution is 2.43. The molecule has 3 atom stereocenters. The fourth-order valence-corrected chi connectivity index (χ4v) is 3.90. The predicted octanol–water partition coefficient (Wildman–Crippen LogP) is 3.50. The molecule has 0 saturated heterocycles. The number of hydrogen-bond acceptors (Lipinski definition) is 2. The maximum absolute atomic E-state index is 14.0. The van der Waals surface area contributed by atoms with Crippen molar-refractivity contribution in [1.29, 1.82) is 0 Å². The molecule has 2 aromatic rings. The minimum Gasteiger partial charge on any atom is -0.357 e. The Bertz CT molecular complexity index is 926. The zero-order valence-electron chi connectivity index (χ0n) is 16.2. The van der Waals surface area contributed by atoms with Gasteiger partial charge in [-0.05, 0) is 37.1 Å². The van der Waals surface area contributed by atoms with E-state index in [1.165, 1.54) is 18.2 Å². The van der Waals surface area contributed by atoms with Crippen molar-refractivity contribution < 1.29 is 13.6 Å². The number of amides is 1. The van der Waals surface area contributed by atoms with E-state index in [9.17, 15) is 13.6 Å². The third-order valence-corrected chi connectivity index (χ3v) is 5.40. The van der Waals surface area contributed by atoms with Crippen LogP contribution >= 0.6 is 0 Å². The number of anilines is 1. The Balaban J connectivity index is 1.45. The Kier molecular flexibility index (Phi) is 5.47. The first-order chi connectivity index (χ1) is 14.1. The first-order valence-corrected chi connectivity index (χ1v) is 9.94. The van der Waals surface area contributed by atoms with E-state index in [1.54, 1.807) is 0 Å². The highest BCUT2D eigenvalue weighted by atomic mass is 19.1. The number of nitrogens with zero attached hydrogens (tertiary/aromatic N) is 1. The molecule has 152 valence electrons. The van der Waals surface area contributed by atoms with E-state index >= 15 is 0 Å². The van der Waals surface area contributed by atoms with Gasteiger partial charge in [0, 0.05) is 42.1 Å². The van der Waals surface area contributed by atoms with Gasteiger partial charge in [-0.15, -0.1) is 0 Å². The van der Waals surface area contributed by atoms with Crippen molar-refractivity contribution in [2.24, 2.45) is 4.99 Å². The molecule has 1 heterocycles. The number of para-hydroxylation sites is 1. The summed E-state index contributed by atoms with van der Waals surface area (Å²) in [4.78, 5) is 16.6. The van der Waals surface area contributed by atoms with Gasteiger partial charge in [0.05, 0.1) is 6.54 Å². The van der Waals surface area contributed by atoms with Gasteiger partial charge < -0.3 is 16.0 Å². The van der Waals surface area contributed by atoms with E-state index in [4.69, 9.17) is 0 Å². The van der Waals surface area contributed by atoms with Crippen LogP contribution in [0.15, 0.2) is 47.5 Å². The lowest BCUT2D eigenvalue weighted by atomic mass is 9.91. The van der Waals surface area contributed by atoms with Crippen LogP contribution in [0.4, 0.5) is 14.5 Å². The average Bonchev–Trinajstić information content (AvgIpc) is 3.44. The van der Waals surface area contributed by atoms with Crippen LogP contribution in [0.3, 0.4) is 0 Å². The fraction of sp³-hybridized carbons (Fsp3) is 0.364. The molecule has 0 bridgehead atoms. The zero-order chi connectivity index (χ0) is 20.4. The summed E-state index contributed by atoms with van der Waals surface area (Å²) >= 11 is 0. The molecule has 29 heavy (non-hydrogen) atoms. The van der Waals surface area contributed by atoms with Crippen LogP contribution in [-0.4, -0.2) is 31.0 Å². The number of rotatable bonds is 5. The van der Waals surface area contributed by atoms with E-state index in [1.807, 2.05) is 31.2 Å². The van der Waals surface area contributed by atoms with Crippen LogP contribution in [0.1, 0.15) is 42.7 Å². The molecule has 7 heteroatoms. The first kappa shape index (κ1) is 19.4. The van der Waals surface area contributed by atoms with Gasteiger partial charge in [-0.3, -0.25) is 9.79 Å². The number of halogens is 2. The topological polar surface area (TPSA) is 65.5 Å². The summed E-state index contributed by atoms with van der Waals surface area (Å²) in [5.41, 5.74) is 2.04. The third-order valence-electron chi connectivity index (χ3n) is 5.40. The summed E-state index contributed by atoms with van der Waals surface area (Å²) in [7, 11) is 0. The molecule has 1 aliphatic carbocycles. The van der Waals surface area contributed by atoms with Crippen LogP contribution in [0.2, 0.25) is 0 Å². The molecule has 1 amide bonds. The molecule has 5 nitrogen and oxygen atoms in total. The van der Waals surface area contributed by atoms with Crippen molar-refractivity contribution in [3.05, 3.63) is 65.2 Å². The standard InChI is InChI=1S/C22H24F2N4O/c1-2-25-22(28-19-11-15(19)21-16(23)7-5-8-17(21)24)26-12-13-10-20(29)27-18-9-4-3-6-14(13)18/h3-9,13,15,19H,2,10-12H2,1H3,(H,27,29)(H2,25,26,28). The van der Waals surface area contributed by atoms with Gasteiger partial charge in [-0.2, -0.15) is 0 Å². The molecule has 2 aliphatic rings. The Labute approximate surface area is 168 Å². The van der Waals surface area contributed by atoms with Crippen molar-refractivity contribution in [2.75, 3.05) is 18.4 Å². The Morgan fingerprint density at radius 3 is 2.69 bits per heavy atom. The Morgan fingerprint density at radius 2 is 1.93 bits per heavy atom. The molecule has 4 rings (SSSR count). The number of carbonyl (C=O) groups excluding carboxylic acids is 1. The number of nitrogens with one attached hydrogen (secondary N) is 3. The number of benzene rings is 2. The van der Waals surface area contributed by atoms with Gasteiger partial charge in [0.1, 0.15) is 11.6 Å². The van der Waals surface area contributed by atoms with Gasteiger partial charge in [-0.25, -0.2) is 8.78 Å². The van der Waals surface area contributed by atoms with Crippen molar-refractivity contribution in [3.8, 4) is 0 Å². The Hall–Kier alpha value is -2.96. The lowest BCUT2D eigenvalue weighted by Crippen LogP contribution is -2.39. The second-order valence-corrected chi connectivity index (χ2v) is 7.48. The van der Waals surface area contributed by atoms with Crippen molar-refractivity contribution in [2.45, 2.75) is 37.6 Å². The predicted molar refractivity (Wildman–Crippen MR) is 109 cm³/mol. The van der Waals surface area contributed by atoms with E-state index in [0.717, 1.165) is 11.3 Å². The minimum atomic E-state index is -0.508. The van der Waals surface area contributed by atoms with Gasteiger partial charge in [0.2, 0.25) is 5.91 Å². The Morgan fingerprint density at radius 1 is 1.17 bits per heavy atom. The van der Waals surface area contributed by atoms with Crippen LogP contribution in [0.5, 0.6) is 0 Å². The van der Waals surface area contributed by atoms with Gasteiger partial charge >= 0.3 is 0 Å². The molecule has 1 fully saturated rings. The smallest absolute Gasteiger partial charge is 0.225 e. The summed E-state index contributed by atoms with van der Waals surface area (Å²) in [6.45, 7) is 3.08. The summed E-state index contributed by atoms with van der Waals surface area (Å²) in [5, 5.41) is 9.35. The third kappa shape index (κ3) is 4.23. The maximum atomic E-state index is 14.0. The number of hydrogen-bond donors (Lipinski definition) is 3. The number of carbonyl (C=O) groups is 1. The molecule has 0 radical (unpaired) electrons. The summed E-state index contributed by atoms with van der Waals surface area (Å²) in [6.07, 6.45) is 1.03. The van der Waals surface area contributed by atoms with Crippen molar-refractivity contribution in [3.63, 3.8) is 0 Å². The van der Waals surface area contributed by atoms with E-state index in [0.29, 0.717) is 31.9 Å². The molecule has 2 aromatic carbocycles. The summed E-state index contributed by atoms with van der Waals surface area (Å²) in [6, 6.07) is 11.6. The monoisotopic (exact) mass is 398 g/mol. The minimum absolute atomic E-state index is 0.00517. The number of fused-ring (bicyclic) bond motifs is 1. The van der Waals surface area contributed by atoms with Gasteiger partial charge in [0.15, 0.2) is 5.96 Å². The molecule has 3 unspecified atom stereocenters. The summed E-state index contributed by atoms with van der Waals surface area (Å²) in [5.74, 6) is -0.646. The molecule has 3 N–H and O–H groups in total. The molecule has 0 aromatic heterocycles. The maximum Gasteiger partial charge on any atom is 0.225 e. The largest absolute Gasteiger partial charge is 0.357 e. The molecule has 0 spiro atoms. The highest BCUT2D eigenvalue weighted by molar-refractivity contribution is 5.94. The number of aliphatic imine (C=N–C) groups is 1. The van der Waals surface area contributed by atoms with Crippen LogP contribution in [0, 0.1) is 11.6 Å². The van der Waals surface area contributed by atoms with E-state index < -0.39 is 11.6 Å². The van der Waals surface area contributed by atoms with Gasteiger partial charge in [-0.1, -0.05) is 24.3 Å². The number of guanidine groups is 1. The lowest BCUT2D eigenvalue weighted by molar-refractivity contribution is -0.116. The normalized spacial score (nSPS) is 23.2. The van der Waals surface area contributed by atoms with Gasteiger partial charge in [0.25, 0.3) is 0 Å². The van der Waals surface area contributed by atoms with E-state index in [2.05, 4.69) is 20.9 Å². The molecular formula is C22H24F2N4O. The second kappa shape index (κ2) is 8.19. The zero-order valence-corrected chi connectivity index (χ0v) is 16.2. The van der Waals surface area contributed by atoms with Crippen LogP contribution in [0.25, 0.3) is 0 Å². The van der Waals surface area contributed by atoms with Crippen molar-refractivity contribution >= 4 is 17.6 Å². The first-order valence-electron chi connectivity index (χ1n) is 9.94. The highest BCUT2D eigenvalue weighted by Gasteiger charge is 2.42. The molecule has 1 saturated carbocycles. The lowest BCUT2D eigenvalue weighted by Gasteiger charge is -2.24. The van der Waals surface area contributed by atoms with E-state index in [-0.39, 0.29) is 29.3 Å². The van der Waals surface area contributed by atoms with Crippen LogP contribution < -0.4 is 16.0 Å². The fourth-order valence-electron chi connectivity index (χ4n) is 3.90.